The number of rotatable bonds is 1. The van der Waals surface area contributed by atoms with Crippen LogP contribution in [0.1, 0.15) is 0 Å². The predicted octanol–water partition coefficient (Wildman–Crippen LogP) is 2.78. The van der Waals surface area contributed by atoms with Crippen LogP contribution < -0.4 is 5.30 Å². The Labute approximate surface area is 102 Å². The van der Waals surface area contributed by atoms with E-state index in [1.54, 1.807) is 0 Å². The summed E-state index contributed by atoms with van der Waals surface area (Å²) in [5.74, 6) is 0. The summed E-state index contributed by atoms with van der Waals surface area (Å²) in [6.07, 6.45) is 1.76. The lowest BCUT2D eigenvalue weighted by Crippen LogP contribution is -2.12. The van der Waals surface area contributed by atoms with Gasteiger partial charge in [-0.1, -0.05) is 50.1 Å². The van der Waals surface area contributed by atoms with Crippen molar-refractivity contribution in [2.24, 2.45) is 0 Å². The summed E-state index contributed by atoms with van der Waals surface area (Å²) >= 11 is 7.19. The number of halogens is 2. The summed E-state index contributed by atoms with van der Waals surface area (Å²) in [7, 11) is -1.88. The fourth-order valence-electron chi connectivity index (χ4n) is 1.80. The Hall–Kier alpha value is 0.570. The second kappa shape index (κ2) is 4.21. The van der Waals surface area contributed by atoms with Gasteiger partial charge in [0, 0.05) is 0 Å². The second-order valence-electron chi connectivity index (χ2n) is 3.66. The SMILES string of the molecule is O[P+]1(c2ccccc2)CC(Br)C(Br)C1. The van der Waals surface area contributed by atoms with Gasteiger partial charge in [-0.2, -0.15) is 0 Å². The topological polar surface area (TPSA) is 20.2 Å². The number of hydrogen-bond acceptors (Lipinski definition) is 1. The first-order valence-corrected chi connectivity index (χ1v) is 8.50. The van der Waals surface area contributed by atoms with Crippen molar-refractivity contribution in [3.8, 4) is 0 Å². The highest BCUT2D eigenvalue weighted by molar-refractivity contribution is 9.12. The Morgan fingerprint density at radius 3 is 2.07 bits per heavy atom. The molecular formula is C10H12Br2OP+. The second-order valence-corrected chi connectivity index (χ2v) is 9.10. The molecule has 4 heteroatoms. The van der Waals surface area contributed by atoms with Gasteiger partial charge in [-0.3, -0.25) is 0 Å². The van der Waals surface area contributed by atoms with Crippen LogP contribution in [-0.4, -0.2) is 26.9 Å². The van der Waals surface area contributed by atoms with Gasteiger partial charge in [-0.15, -0.1) is 0 Å². The first-order valence-electron chi connectivity index (χ1n) is 4.55. The van der Waals surface area contributed by atoms with Crippen molar-refractivity contribution < 1.29 is 4.89 Å². The van der Waals surface area contributed by atoms with Crippen molar-refractivity contribution in [2.75, 3.05) is 12.3 Å². The Bertz CT molecular complexity index is 307. The van der Waals surface area contributed by atoms with Crippen molar-refractivity contribution >= 4 is 44.7 Å². The Morgan fingerprint density at radius 2 is 1.57 bits per heavy atom. The minimum Gasteiger partial charge on any atom is -0.246 e. The first kappa shape index (κ1) is 11.1. The van der Waals surface area contributed by atoms with Gasteiger partial charge in [0.15, 0.2) is 7.49 Å². The lowest BCUT2D eigenvalue weighted by Gasteiger charge is -2.13. The lowest BCUT2D eigenvalue weighted by molar-refractivity contribution is 0.618. The van der Waals surface area contributed by atoms with E-state index in [2.05, 4.69) is 31.9 Å². The molecule has 1 aromatic rings. The summed E-state index contributed by atoms with van der Waals surface area (Å²) in [6.45, 7) is 0. The van der Waals surface area contributed by atoms with Gasteiger partial charge in [-0.05, 0) is 12.1 Å². The monoisotopic (exact) mass is 337 g/mol. The molecule has 2 unspecified atom stereocenters. The third kappa shape index (κ3) is 2.06. The molecule has 1 N–H and O–H groups in total. The highest BCUT2D eigenvalue weighted by atomic mass is 79.9. The van der Waals surface area contributed by atoms with Gasteiger partial charge < -0.3 is 0 Å². The van der Waals surface area contributed by atoms with Crippen LogP contribution in [0.3, 0.4) is 0 Å². The van der Waals surface area contributed by atoms with E-state index in [1.807, 2.05) is 30.3 Å². The average molecular weight is 339 g/mol. The van der Waals surface area contributed by atoms with Crippen LogP contribution in [-0.2, 0) is 0 Å². The van der Waals surface area contributed by atoms with Crippen LogP contribution in [0.25, 0.3) is 0 Å². The molecule has 0 aromatic heterocycles. The maximum Gasteiger partial charge on any atom is 0.176 e. The highest BCUT2D eigenvalue weighted by Gasteiger charge is 2.50. The molecule has 1 nitrogen and oxygen atoms in total. The Balaban J connectivity index is 2.27. The van der Waals surface area contributed by atoms with E-state index in [9.17, 15) is 4.89 Å². The molecule has 1 saturated heterocycles. The third-order valence-corrected chi connectivity index (χ3v) is 9.47. The predicted molar refractivity (Wildman–Crippen MR) is 70.4 cm³/mol. The van der Waals surface area contributed by atoms with Crippen LogP contribution in [0.4, 0.5) is 0 Å². The third-order valence-electron chi connectivity index (χ3n) is 2.58. The molecule has 0 saturated carbocycles. The molecule has 1 aromatic carbocycles. The molecule has 0 bridgehead atoms. The minimum atomic E-state index is -1.88. The smallest absolute Gasteiger partial charge is 0.176 e. The van der Waals surface area contributed by atoms with Crippen molar-refractivity contribution in [3.63, 3.8) is 0 Å². The fourth-order valence-corrected chi connectivity index (χ4v) is 8.58. The molecule has 76 valence electrons. The molecule has 1 heterocycles. The van der Waals surface area contributed by atoms with Crippen LogP contribution >= 0.6 is 39.3 Å². The van der Waals surface area contributed by atoms with E-state index in [-0.39, 0.29) is 0 Å². The van der Waals surface area contributed by atoms with Crippen molar-refractivity contribution in [1.82, 2.24) is 0 Å². The first-order chi connectivity index (χ1) is 6.62. The summed E-state index contributed by atoms with van der Waals surface area (Å²) in [5.41, 5.74) is 0. The van der Waals surface area contributed by atoms with Gasteiger partial charge in [0.25, 0.3) is 0 Å². The van der Waals surface area contributed by atoms with E-state index >= 15 is 0 Å². The van der Waals surface area contributed by atoms with Crippen molar-refractivity contribution in [3.05, 3.63) is 30.3 Å². The molecule has 1 aliphatic rings. The average Bonchev–Trinajstić information content (AvgIpc) is 2.44. The summed E-state index contributed by atoms with van der Waals surface area (Å²) in [6, 6.07) is 10.1. The maximum absolute atomic E-state index is 10.6. The molecule has 0 amide bonds. The maximum atomic E-state index is 10.6. The van der Waals surface area contributed by atoms with E-state index in [4.69, 9.17) is 0 Å². The van der Waals surface area contributed by atoms with Gasteiger partial charge in [0.2, 0.25) is 0 Å². The van der Waals surface area contributed by atoms with Gasteiger partial charge in [-0.25, -0.2) is 4.89 Å². The van der Waals surface area contributed by atoms with Crippen LogP contribution in [0.2, 0.25) is 0 Å². The number of hydrogen-bond donors (Lipinski definition) is 1. The number of alkyl halides is 2. The van der Waals surface area contributed by atoms with Gasteiger partial charge in [0.1, 0.15) is 17.6 Å². The number of benzene rings is 1. The largest absolute Gasteiger partial charge is 0.246 e. The molecule has 0 radical (unpaired) electrons. The summed E-state index contributed by atoms with van der Waals surface area (Å²) in [4.78, 5) is 11.4. The zero-order chi connectivity index (χ0) is 10.2. The molecular weight excluding hydrogens is 327 g/mol. The normalized spacial score (nSPS) is 37.4. The molecule has 0 aliphatic carbocycles. The minimum absolute atomic E-state index is 0.404. The zero-order valence-electron chi connectivity index (χ0n) is 7.61. The molecule has 1 aliphatic heterocycles. The van der Waals surface area contributed by atoms with Gasteiger partial charge >= 0.3 is 0 Å². The van der Waals surface area contributed by atoms with E-state index in [0.717, 1.165) is 17.6 Å². The molecule has 0 spiro atoms. The fraction of sp³-hybridized carbons (Fsp3) is 0.400. The van der Waals surface area contributed by atoms with E-state index in [1.165, 1.54) is 0 Å². The molecule has 2 rings (SSSR count). The van der Waals surface area contributed by atoms with Crippen LogP contribution in [0.15, 0.2) is 30.3 Å². The molecule has 2 atom stereocenters. The summed E-state index contributed by atoms with van der Waals surface area (Å²) in [5, 5.41) is 1.13. The standard InChI is InChI=1S/C10H12Br2OP/c11-9-6-14(13,7-10(9)12)8-4-2-1-3-5-8/h1-5,9-10,13H,6-7H2/q+1. The van der Waals surface area contributed by atoms with E-state index in [0.29, 0.717) is 9.65 Å². The lowest BCUT2D eigenvalue weighted by atomic mass is 10.4. The Morgan fingerprint density at radius 1 is 1.07 bits per heavy atom. The van der Waals surface area contributed by atoms with Crippen molar-refractivity contribution in [2.45, 2.75) is 9.65 Å². The van der Waals surface area contributed by atoms with E-state index < -0.39 is 7.49 Å². The zero-order valence-corrected chi connectivity index (χ0v) is 11.7. The summed E-state index contributed by atoms with van der Waals surface area (Å²) < 4.78 is 0. The van der Waals surface area contributed by atoms with Crippen molar-refractivity contribution in [1.29, 1.82) is 0 Å². The molecule has 14 heavy (non-hydrogen) atoms. The Kier molecular flexibility index (Phi) is 3.33. The van der Waals surface area contributed by atoms with Crippen LogP contribution in [0, 0.1) is 0 Å². The quantitative estimate of drug-likeness (QED) is 0.616. The molecule has 1 fully saturated rings. The van der Waals surface area contributed by atoms with Crippen LogP contribution in [0.5, 0.6) is 0 Å². The highest BCUT2D eigenvalue weighted by Crippen LogP contribution is 2.61. The van der Waals surface area contributed by atoms with Gasteiger partial charge in [0.05, 0.1) is 9.65 Å².